The molecule has 214 valence electrons. The fourth-order valence-corrected chi connectivity index (χ4v) is 10.1. The van der Waals surface area contributed by atoms with Crippen molar-refractivity contribution in [3.63, 3.8) is 0 Å². The van der Waals surface area contributed by atoms with Crippen LogP contribution in [0.15, 0.2) is 0 Å². The predicted octanol–water partition coefficient (Wildman–Crippen LogP) is 5.53. The molecular formula is C31H55NO5. The molecule has 0 bridgehead atoms. The third-order valence-corrected chi connectivity index (χ3v) is 12.1. The molecule has 0 aromatic heterocycles. The van der Waals surface area contributed by atoms with E-state index in [9.17, 15) is 15.0 Å². The average Bonchev–Trinajstić information content (AvgIpc) is 3.22. The van der Waals surface area contributed by atoms with E-state index in [1.807, 2.05) is 0 Å². The summed E-state index contributed by atoms with van der Waals surface area (Å²) in [4.78, 5) is 12.1. The van der Waals surface area contributed by atoms with E-state index in [4.69, 9.17) is 9.84 Å². The van der Waals surface area contributed by atoms with E-state index in [2.05, 4.69) is 33.0 Å². The van der Waals surface area contributed by atoms with Gasteiger partial charge in [-0.25, -0.2) is 4.79 Å². The minimum absolute atomic E-state index is 0.197. The Morgan fingerprint density at radius 1 is 1.00 bits per heavy atom. The Kier molecular flexibility index (Phi) is 9.55. The van der Waals surface area contributed by atoms with Gasteiger partial charge in [0.05, 0.1) is 18.8 Å². The van der Waals surface area contributed by atoms with Crippen LogP contribution < -0.4 is 5.32 Å². The molecule has 6 heteroatoms. The highest BCUT2D eigenvalue weighted by molar-refractivity contribution is 5.66. The second kappa shape index (κ2) is 12.1. The smallest absolute Gasteiger partial charge is 0.407 e. The number of aliphatic hydroxyl groups is 3. The van der Waals surface area contributed by atoms with Gasteiger partial charge in [-0.15, -0.1) is 0 Å². The molecule has 1 amide bonds. The van der Waals surface area contributed by atoms with Crippen LogP contribution in [0, 0.1) is 52.3 Å². The van der Waals surface area contributed by atoms with Gasteiger partial charge < -0.3 is 25.4 Å². The highest BCUT2D eigenvalue weighted by Gasteiger charge is 2.64. The molecule has 0 aliphatic heterocycles. The molecular weight excluding hydrogens is 466 g/mol. The molecule has 4 aliphatic rings. The molecule has 0 spiro atoms. The first-order valence-corrected chi connectivity index (χ1v) is 15.5. The monoisotopic (exact) mass is 521 g/mol. The van der Waals surface area contributed by atoms with Crippen LogP contribution in [0.1, 0.15) is 105 Å². The number of nitrogens with one attached hydrogen (secondary N) is 1. The Bertz CT molecular complexity index is 762. The summed E-state index contributed by atoms with van der Waals surface area (Å²) in [5.74, 6) is 3.35. The van der Waals surface area contributed by atoms with E-state index in [-0.39, 0.29) is 35.7 Å². The van der Waals surface area contributed by atoms with E-state index in [0.29, 0.717) is 54.6 Å². The van der Waals surface area contributed by atoms with Crippen molar-refractivity contribution in [1.29, 1.82) is 0 Å². The molecule has 37 heavy (non-hydrogen) atoms. The highest BCUT2D eigenvalue weighted by atomic mass is 16.5. The van der Waals surface area contributed by atoms with Crippen LogP contribution in [0.5, 0.6) is 0 Å². The van der Waals surface area contributed by atoms with Crippen molar-refractivity contribution < 1.29 is 24.9 Å². The molecule has 4 saturated carbocycles. The van der Waals surface area contributed by atoms with Crippen molar-refractivity contribution >= 4 is 6.09 Å². The standard InChI is InChI=1S/C31H55NO5/c1-5-22-26-19-21(34)11-14-31(26,4)25-12-15-30(3)23(9-10-24(30)27(25)28(22)35)20(2)13-18-37-29(36)32-16-7-6-8-17-33/h20-28,33-35H,5-19H2,1-4H3,(H,32,36)/t20-,21-,22-,23?,24+,25+,26+,27+,28-,30-,31-/m1/s1. The molecule has 0 aromatic rings. The Labute approximate surface area is 225 Å². The maximum absolute atomic E-state index is 12.1. The Hall–Kier alpha value is -0.850. The van der Waals surface area contributed by atoms with E-state index in [1.54, 1.807) is 0 Å². The fraction of sp³-hybridized carbons (Fsp3) is 0.968. The summed E-state index contributed by atoms with van der Waals surface area (Å²) < 4.78 is 5.50. The lowest BCUT2D eigenvalue weighted by atomic mass is 9.41. The third kappa shape index (κ3) is 5.59. The van der Waals surface area contributed by atoms with Crippen LogP contribution in [0.2, 0.25) is 0 Å². The van der Waals surface area contributed by atoms with Gasteiger partial charge in [0, 0.05) is 13.2 Å². The zero-order valence-electron chi connectivity index (χ0n) is 24.0. The number of hydrogen-bond acceptors (Lipinski definition) is 5. The molecule has 11 atom stereocenters. The Balaban J connectivity index is 1.36. The maximum atomic E-state index is 12.1. The summed E-state index contributed by atoms with van der Waals surface area (Å²) in [5, 5.41) is 34.0. The van der Waals surface area contributed by atoms with E-state index in [0.717, 1.165) is 51.4 Å². The normalized spacial score (nSPS) is 43.9. The molecule has 0 radical (unpaired) electrons. The maximum Gasteiger partial charge on any atom is 0.407 e. The van der Waals surface area contributed by atoms with Crippen LogP contribution in [0.25, 0.3) is 0 Å². The summed E-state index contributed by atoms with van der Waals surface area (Å²) >= 11 is 0. The molecule has 4 rings (SSSR count). The summed E-state index contributed by atoms with van der Waals surface area (Å²) in [7, 11) is 0. The molecule has 4 N–H and O–H groups in total. The fourth-order valence-electron chi connectivity index (χ4n) is 10.1. The number of aliphatic hydroxyl groups excluding tert-OH is 3. The zero-order valence-corrected chi connectivity index (χ0v) is 24.0. The van der Waals surface area contributed by atoms with Crippen LogP contribution in [0.3, 0.4) is 0 Å². The number of carbonyl (C=O) groups excluding carboxylic acids is 1. The van der Waals surface area contributed by atoms with Gasteiger partial charge in [0.25, 0.3) is 0 Å². The van der Waals surface area contributed by atoms with Gasteiger partial charge >= 0.3 is 6.09 Å². The number of fused-ring (bicyclic) bond motifs is 5. The van der Waals surface area contributed by atoms with Crippen molar-refractivity contribution in [2.75, 3.05) is 19.8 Å². The van der Waals surface area contributed by atoms with E-state index in [1.165, 1.54) is 25.7 Å². The number of hydrogen-bond donors (Lipinski definition) is 4. The summed E-state index contributed by atoms with van der Waals surface area (Å²) in [6, 6.07) is 0. The van der Waals surface area contributed by atoms with Crippen molar-refractivity contribution in [2.45, 2.75) is 117 Å². The number of carbonyl (C=O) groups is 1. The molecule has 4 aliphatic carbocycles. The van der Waals surface area contributed by atoms with Crippen LogP contribution in [-0.4, -0.2) is 53.4 Å². The first kappa shape index (κ1) is 29.1. The van der Waals surface area contributed by atoms with Gasteiger partial charge in [-0.2, -0.15) is 0 Å². The van der Waals surface area contributed by atoms with Crippen molar-refractivity contribution in [2.24, 2.45) is 52.3 Å². The first-order valence-electron chi connectivity index (χ1n) is 15.5. The molecule has 6 nitrogen and oxygen atoms in total. The molecule has 0 aromatic carbocycles. The van der Waals surface area contributed by atoms with Crippen molar-refractivity contribution in [3.8, 4) is 0 Å². The Morgan fingerprint density at radius 2 is 1.73 bits per heavy atom. The van der Waals surface area contributed by atoms with Gasteiger partial charge in [-0.3, -0.25) is 0 Å². The van der Waals surface area contributed by atoms with Gasteiger partial charge in [0.1, 0.15) is 0 Å². The average molecular weight is 522 g/mol. The lowest BCUT2D eigenvalue weighted by Gasteiger charge is -2.64. The van der Waals surface area contributed by atoms with Crippen molar-refractivity contribution in [3.05, 3.63) is 0 Å². The summed E-state index contributed by atoms with van der Waals surface area (Å²) in [6.07, 6.45) is 11.4. The highest BCUT2D eigenvalue weighted by Crippen LogP contribution is 2.69. The first-order chi connectivity index (χ1) is 17.7. The quantitative estimate of drug-likeness (QED) is 0.283. The Morgan fingerprint density at radius 3 is 2.46 bits per heavy atom. The number of rotatable bonds is 10. The van der Waals surface area contributed by atoms with Gasteiger partial charge in [-0.1, -0.05) is 34.1 Å². The molecule has 4 fully saturated rings. The predicted molar refractivity (Wildman–Crippen MR) is 146 cm³/mol. The van der Waals surface area contributed by atoms with Gasteiger partial charge in [0.15, 0.2) is 0 Å². The van der Waals surface area contributed by atoms with Gasteiger partial charge in [-0.05, 0) is 123 Å². The van der Waals surface area contributed by atoms with E-state index < -0.39 is 0 Å². The lowest BCUT2D eigenvalue weighted by molar-refractivity contribution is -0.203. The van der Waals surface area contributed by atoms with Crippen LogP contribution in [0.4, 0.5) is 4.79 Å². The molecule has 0 saturated heterocycles. The lowest BCUT2D eigenvalue weighted by Crippen LogP contribution is -2.62. The third-order valence-electron chi connectivity index (χ3n) is 12.1. The zero-order chi connectivity index (χ0) is 26.8. The summed E-state index contributed by atoms with van der Waals surface area (Å²) in [6.45, 7) is 10.8. The summed E-state index contributed by atoms with van der Waals surface area (Å²) in [5.41, 5.74) is 0.486. The topological polar surface area (TPSA) is 99.0 Å². The second-order valence-electron chi connectivity index (χ2n) is 13.7. The van der Waals surface area contributed by atoms with Crippen LogP contribution >= 0.6 is 0 Å². The van der Waals surface area contributed by atoms with Crippen molar-refractivity contribution in [1.82, 2.24) is 5.32 Å². The minimum atomic E-state index is -0.330. The molecule has 0 heterocycles. The number of unbranched alkanes of at least 4 members (excludes halogenated alkanes) is 2. The molecule has 1 unspecified atom stereocenters. The van der Waals surface area contributed by atoms with Gasteiger partial charge in [0.2, 0.25) is 0 Å². The number of ether oxygens (including phenoxy) is 1. The van der Waals surface area contributed by atoms with Crippen LogP contribution in [-0.2, 0) is 4.74 Å². The second-order valence-corrected chi connectivity index (χ2v) is 13.7. The number of amides is 1. The SMILES string of the molecule is CC[C@H]1[C@@H](O)[C@@H]2[C@H](CC[C@]3(C)C([C@H](C)CCOC(=O)NCCCCCO)CC[C@@H]23)[C@@]2(C)CC[C@@H](O)C[C@@H]12. The number of alkyl carbamates (subject to hydrolysis) is 1. The largest absolute Gasteiger partial charge is 0.450 e. The minimum Gasteiger partial charge on any atom is -0.450 e. The van der Waals surface area contributed by atoms with E-state index >= 15 is 0 Å².